The van der Waals surface area contributed by atoms with Crippen LogP contribution in [0.4, 0.5) is 10.5 Å². The van der Waals surface area contributed by atoms with Crippen molar-refractivity contribution in [1.29, 1.82) is 0 Å². The summed E-state index contributed by atoms with van der Waals surface area (Å²) in [6, 6.07) is 3.73. The third kappa shape index (κ3) is 2.99. The maximum absolute atomic E-state index is 11.9. The van der Waals surface area contributed by atoms with Crippen LogP contribution in [0.5, 0.6) is 0 Å². The molecule has 1 aliphatic rings. The summed E-state index contributed by atoms with van der Waals surface area (Å²) < 4.78 is 0. The molecule has 1 atom stereocenters. The number of hydrogen-bond acceptors (Lipinski definition) is 4. The Hall–Kier alpha value is -1.73. The topological polar surface area (TPSA) is 95.5 Å². The molecule has 0 aromatic heterocycles. The number of carboxylic acid groups (broad SMARTS) is 1. The summed E-state index contributed by atoms with van der Waals surface area (Å²) in [6.07, 6.45) is 0. The number of aromatic carboxylic acids is 1. The van der Waals surface area contributed by atoms with E-state index in [2.05, 4.69) is 10.6 Å². The molecule has 0 saturated carbocycles. The lowest BCUT2D eigenvalue weighted by molar-refractivity contribution is -0.117. The summed E-state index contributed by atoms with van der Waals surface area (Å²) in [6.45, 7) is 0. The average Bonchev–Trinajstić information content (AvgIpc) is 2.75. The van der Waals surface area contributed by atoms with Crippen molar-refractivity contribution in [1.82, 2.24) is 5.32 Å². The number of thioether (sulfide) groups is 1. The summed E-state index contributed by atoms with van der Waals surface area (Å²) in [5, 5.41) is 13.8. The first-order chi connectivity index (χ1) is 8.99. The maximum atomic E-state index is 11.9. The van der Waals surface area contributed by atoms with Crippen LogP contribution in [0.1, 0.15) is 10.4 Å². The Labute approximate surface area is 117 Å². The fourth-order valence-electron chi connectivity index (χ4n) is 1.59. The first kappa shape index (κ1) is 13.7. The summed E-state index contributed by atoms with van der Waals surface area (Å²) >= 11 is 6.79. The van der Waals surface area contributed by atoms with Gasteiger partial charge in [0.25, 0.3) is 5.24 Å². The Morgan fingerprint density at radius 3 is 2.79 bits per heavy atom. The van der Waals surface area contributed by atoms with Crippen molar-refractivity contribution in [3.05, 3.63) is 28.8 Å². The second kappa shape index (κ2) is 5.50. The zero-order valence-corrected chi connectivity index (χ0v) is 11.0. The molecule has 2 amide bonds. The van der Waals surface area contributed by atoms with E-state index in [4.69, 9.17) is 16.7 Å². The lowest BCUT2D eigenvalue weighted by Gasteiger charge is -2.12. The second-order valence-corrected chi connectivity index (χ2v) is 5.15. The van der Waals surface area contributed by atoms with Gasteiger partial charge in [0.15, 0.2) is 0 Å². The molecule has 8 heteroatoms. The second-order valence-electron chi connectivity index (χ2n) is 3.75. The van der Waals surface area contributed by atoms with Crippen molar-refractivity contribution in [2.24, 2.45) is 0 Å². The van der Waals surface area contributed by atoms with Gasteiger partial charge in [-0.2, -0.15) is 0 Å². The normalized spacial score (nSPS) is 17.9. The molecule has 1 aliphatic heterocycles. The van der Waals surface area contributed by atoms with Crippen LogP contribution in [0.2, 0.25) is 5.02 Å². The van der Waals surface area contributed by atoms with E-state index >= 15 is 0 Å². The van der Waals surface area contributed by atoms with Gasteiger partial charge in [0.1, 0.15) is 11.6 Å². The van der Waals surface area contributed by atoms with E-state index in [1.807, 2.05) is 0 Å². The molecule has 1 fully saturated rings. The Bertz CT molecular complexity index is 564. The van der Waals surface area contributed by atoms with Gasteiger partial charge in [0.2, 0.25) is 5.91 Å². The van der Waals surface area contributed by atoms with Crippen LogP contribution >= 0.6 is 23.4 Å². The molecule has 1 aromatic rings. The van der Waals surface area contributed by atoms with Crippen LogP contribution in [0.25, 0.3) is 0 Å². The SMILES string of the molecule is O=C1NC(C(=O)Nc2cccc(Cl)c2C(=O)O)CS1. The fraction of sp³-hybridized carbons (Fsp3) is 0.182. The lowest BCUT2D eigenvalue weighted by atomic mass is 10.1. The summed E-state index contributed by atoms with van der Waals surface area (Å²) in [5.74, 6) is -1.39. The summed E-state index contributed by atoms with van der Waals surface area (Å²) in [5.41, 5.74) is -0.0642. The maximum Gasteiger partial charge on any atom is 0.339 e. The van der Waals surface area contributed by atoms with Crippen molar-refractivity contribution < 1.29 is 19.5 Å². The van der Waals surface area contributed by atoms with E-state index in [0.29, 0.717) is 5.75 Å². The molecule has 1 saturated heterocycles. The van der Waals surface area contributed by atoms with E-state index in [-0.39, 0.29) is 21.5 Å². The van der Waals surface area contributed by atoms with Gasteiger partial charge in [-0.3, -0.25) is 9.59 Å². The van der Waals surface area contributed by atoms with Crippen LogP contribution in [0, 0.1) is 0 Å². The molecule has 2 rings (SSSR count). The van der Waals surface area contributed by atoms with E-state index in [0.717, 1.165) is 11.8 Å². The third-order valence-electron chi connectivity index (χ3n) is 2.48. The first-order valence-electron chi connectivity index (χ1n) is 5.25. The van der Waals surface area contributed by atoms with Gasteiger partial charge in [-0.25, -0.2) is 4.79 Å². The van der Waals surface area contributed by atoms with Gasteiger partial charge in [-0.1, -0.05) is 29.4 Å². The van der Waals surface area contributed by atoms with Crippen molar-refractivity contribution in [3.63, 3.8) is 0 Å². The number of hydrogen-bond donors (Lipinski definition) is 3. The number of carboxylic acids is 1. The van der Waals surface area contributed by atoms with E-state index < -0.39 is 17.9 Å². The Morgan fingerprint density at radius 2 is 2.21 bits per heavy atom. The molecule has 1 aromatic carbocycles. The number of halogens is 1. The molecule has 6 nitrogen and oxygen atoms in total. The van der Waals surface area contributed by atoms with Gasteiger partial charge in [-0.15, -0.1) is 0 Å². The number of carbonyl (C=O) groups excluding carboxylic acids is 2. The molecular formula is C11H9ClN2O4S. The van der Waals surface area contributed by atoms with Crippen molar-refractivity contribution in [3.8, 4) is 0 Å². The van der Waals surface area contributed by atoms with Crippen LogP contribution < -0.4 is 10.6 Å². The molecule has 3 N–H and O–H groups in total. The lowest BCUT2D eigenvalue weighted by Crippen LogP contribution is -2.38. The molecular weight excluding hydrogens is 292 g/mol. The summed E-state index contributed by atoms with van der Waals surface area (Å²) in [7, 11) is 0. The van der Waals surface area contributed by atoms with Crippen LogP contribution in [0.3, 0.4) is 0 Å². The zero-order valence-electron chi connectivity index (χ0n) is 9.47. The molecule has 0 radical (unpaired) electrons. The van der Waals surface area contributed by atoms with Crippen molar-refractivity contribution in [2.45, 2.75) is 6.04 Å². The molecule has 0 aliphatic carbocycles. The van der Waals surface area contributed by atoms with Gasteiger partial charge >= 0.3 is 5.97 Å². The molecule has 100 valence electrons. The van der Waals surface area contributed by atoms with E-state index in [9.17, 15) is 14.4 Å². The van der Waals surface area contributed by atoms with Crippen LogP contribution in [0.15, 0.2) is 18.2 Å². The predicted molar refractivity (Wildman–Crippen MR) is 71.8 cm³/mol. The van der Waals surface area contributed by atoms with Gasteiger partial charge in [-0.05, 0) is 12.1 Å². The number of nitrogens with one attached hydrogen (secondary N) is 2. The number of benzene rings is 1. The van der Waals surface area contributed by atoms with Gasteiger partial charge < -0.3 is 15.7 Å². The van der Waals surface area contributed by atoms with Crippen LogP contribution in [-0.4, -0.2) is 34.0 Å². The molecule has 0 spiro atoms. The van der Waals surface area contributed by atoms with Gasteiger partial charge in [0, 0.05) is 5.75 Å². The average molecular weight is 301 g/mol. The van der Waals surface area contributed by atoms with E-state index in [1.165, 1.54) is 18.2 Å². The highest BCUT2D eigenvalue weighted by Crippen LogP contribution is 2.25. The number of amides is 2. The Kier molecular flexibility index (Phi) is 3.96. The van der Waals surface area contributed by atoms with Crippen molar-refractivity contribution >= 4 is 46.2 Å². The standard InChI is InChI=1S/C11H9ClN2O4S/c12-5-2-1-3-6(8(5)10(16)17)13-9(15)7-4-19-11(18)14-7/h1-3,7H,4H2,(H,13,15)(H,14,18)(H,16,17). The van der Waals surface area contributed by atoms with Crippen LogP contribution in [-0.2, 0) is 4.79 Å². The van der Waals surface area contributed by atoms with E-state index in [1.54, 1.807) is 0 Å². The Morgan fingerprint density at radius 1 is 1.47 bits per heavy atom. The summed E-state index contributed by atoms with van der Waals surface area (Å²) in [4.78, 5) is 34.0. The highest BCUT2D eigenvalue weighted by atomic mass is 35.5. The minimum atomic E-state index is -1.23. The molecule has 1 unspecified atom stereocenters. The Balaban J connectivity index is 2.19. The molecule has 19 heavy (non-hydrogen) atoms. The largest absolute Gasteiger partial charge is 0.478 e. The first-order valence-corrected chi connectivity index (χ1v) is 6.61. The van der Waals surface area contributed by atoms with Gasteiger partial charge in [0.05, 0.1) is 10.7 Å². The molecule has 0 bridgehead atoms. The highest BCUT2D eigenvalue weighted by molar-refractivity contribution is 8.14. The highest BCUT2D eigenvalue weighted by Gasteiger charge is 2.29. The third-order valence-corrected chi connectivity index (χ3v) is 3.67. The minimum Gasteiger partial charge on any atom is -0.478 e. The smallest absolute Gasteiger partial charge is 0.339 e. The molecule has 1 heterocycles. The number of anilines is 1. The quantitative estimate of drug-likeness (QED) is 0.791. The van der Waals surface area contributed by atoms with Crippen molar-refractivity contribution in [2.75, 3.05) is 11.1 Å². The predicted octanol–water partition coefficient (Wildman–Crippen LogP) is 1.80. The number of rotatable bonds is 3. The minimum absolute atomic E-state index is 0.0372. The fourth-order valence-corrected chi connectivity index (χ4v) is 2.63. The number of carbonyl (C=O) groups is 3. The monoisotopic (exact) mass is 300 g/mol. The zero-order chi connectivity index (χ0) is 14.0.